The van der Waals surface area contributed by atoms with Gasteiger partial charge in [-0.2, -0.15) is 13.2 Å². The number of amides is 1. The maximum absolute atomic E-state index is 12.6. The topological polar surface area (TPSA) is 42.0 Å². The molecular weight excluding hydrogens is 317 g/mol. The van der Waals surface area contributed by atoms with Crippen LogP contribution in [-0.4, -0.2) is 23.1 Å². The minimum atomic E-state index is -5.12. The molecule has 1 aromatic rings. The highest BCUT2D eigenvalue weighted by Crippen LogP contribution is 2.27. The molecule has 0 aliphatic carbocycles. The summed E-state index contributed by atoms with van der Waals surface area (Å²) in [5.74, 6) is -4.24. The molecule has 0 fully saturated rings. The fourth-order valence-electron chi connectivity index (χ4n) is 1.75. The Balaban J connectivity index is 3.40. The van der Waals surface area contributed by atoms with Crippen LogP contribution < -0.4 is 5.32 Å². The molecule has 1 unspecified atom stereocenters. The summed E-state index contributed by atoms with van der Waals surface area (Å²) in [4.78, 5) is 15.2. The zero-order chi connectivity index (χ0) is 18.5. The van der Waals surface area contributed by atoms with Crippen LogP contribution in [0.2, 0.25) is 5.15 Å². The summed E-state index contributed by atoms with van der Waals surface area (Å²) in [6.45, 7) is 6.85. The fraction of sp³-hybridized carbons (Fsp3) is 0.333. The Kier molecular flexibility index (Phi) is 5.48. The Bertz CT molecular complexity index is 627. The number of rotatable bonds is 7. The summed E-state index contributed by atoms with van der Waals surface area (Å²) in [7, 11) is 0. The van der Waals surface area contributed by atoms with E-state index >= 15 is 0 Å². The molecule has 0 aromatic carbocycles. The SMILES string of the molecule is [2H]C(C=C)[C@]([2H])(c1cccc(Cl)n1)[C@@H](CC=C)NC(=O)C(F)(F)F. The molecule has 1 aromatic heterocycles. The molecule has 22 heavy (non-hydrogen) atoms. The number of pyridine rings is 1. The zero-order valence-corrected chi connectivity index (χ0v) is 12.3. The molecule has 0 radical (unpaired) electrons. The highest BCUT2D eigenvalue weighted by atomic mass is 35.5. The predicted octanol–water partition coefficient (Wildman–Crippen LogP) is 4.02. The lowest BCUT2D eigenvalue weighted by Crippen LogP contribution is -2.45. The van der Waals surface area contributed by atoms with Crippen molar-refractivity contribution in [1.29, 1.82) is 0 Å². The molecule has 1 heterocycles. The monoisotopic (exact) mass is 334 g/mol. The number of halogens is 4. The standard InChI is InChI=1S/C15H16ClF3N2O/c1-3-6-10(12-8-5-9-13(16)20-12)11(7-4-2)21-14(22)15(17,18)19/h3-5,8-11H,1-2,6-7H2,(H,21,22)/t10-,11+/m0/s1/i6D,10D/t6?,10-,11+. The first kappa shape index (κ1) is 15.1. The number of carbonyl (C=O) groups is 1. The van der Waals surface area contributed by atoms with Gasteiger partial charge in [0.15, 0.2) is 0 Å². The maximum Gasteiger partial charge on any atom is 0.471 e. The molecule has 0 bridgehead atoms. The number of hydrogen-bond donors (Lipinski definition) is 1. The molecule has 0 spiro atoms. The van der Waals surface area contributed by atoms with E-state index in [4.69, 9.17) is 14.3 Å². The molecule has 0 saturated carbocycles. The van der Waals surface area contributed by atoms with Gasteiger partial charge in [-0.25, -0.2) is 4.98 Å². The number of carbonyl (C=O) groups excluding carboxylic acids is 1. The lowest BCUT2D eigenvalue weighted by molar-refractivity contribution is -0.174. The van der Waals surface area contributed by atoms with E-state index in [-0.39, 0.29) is 17.3 Å². The quantitative estimate of drug-likeness (QED) is 0.604. The molecular formula is C15H16ClF3N2O. The fourth-order valence-corrected chi connectivity index (χ4v) is 1.91. The molecule has 1 N–H and O–H groups in total. The minimum absolute atomic E-state index is 0.0138. The van der Waals surface area contributed by atoms with Crippen molar-refractivity contribution in [2.24, 2.45) is 0 Å². The van der Waals surface area contributed by atoms with Gasteiger partial charge in [0.2, 0.25) is 0 Å². The van der Waals surface area contributed by atoms with Crippen LogP contribution in [0.25, 0.3) is 0 Å². The predicted molar refractivity (Wildman–Crippen MR) is 79.6 cm³/mol. The second kappa shape index (κ2) is 7.98. The van der Waals surface area contributed by atoms with E-state index in [1.165, 1.54) is 24.3 Å². The highest BCUT2D eigenvalue weighted by Gasteiger charge is 2.40. The zero-order valence-electron chi connectivity index (χ0n) is 13.5. The van der Waals surface area contributed by atoms with Crippen molar-refractivity contribution in [3.8, 4) is 0 Å². The van der Waals surface area contributed by atoms with Gasteiger partial charge in [-0.1, -0.05) is 29.8 Å². The van der Waals surface area contributed by atoms with Gasteiger partial charge in [-0.15, -0.1) is 13.2 Å². The molecule has 3 atom stereocenters. The third kappa shape index (κ3) is 5.18. The van der Waals surface area contributed by atoms with E-state index in [0.717, 1.165) is 6.08 Å². The smallest absolute Gasteiger partial charge is 0.345 e. The second-order valence-electron chi connectivity index (χ2n) is 4.25. The van der Waals surface area contributed by atoms with Gasteiger partial charge in [0, 0.05) is 20.4 Å². The van der Waals surface area contributed by atoms with Crippen LogP contribution in [0, 0.1) is 0 Å². The normalized spacial score (nSPS) is 18.2. The largest absolute Gasteiger partial charge is 0.471 e. The van der Waals surface area contributed by atoms with Crippen molar-refractivity contribution in [2.45, 2.75) is 30.9 Å². The number of aromatic nitrogens is 1. The van der Waals surface area contributed by atoms with Gasteiger partial charge in [-0.05, 0) is 25.0 Å². The van der Waals surface area contributed by atoms with E-state index < -0.39 is 30.4 Å². The van der Waals surface area contributed by atoms with Crippen LogP contribution in [0.1, 0.15) is 27.1 Å². The van der Waals surface area contributed by atoms with Gasteiger partial charge < -0.3 is 5.32 Å². The molecule has 3 nitrogen and oxygen atoms in total. The first-order chi connectivity index (χ1) is 11.1. The number of hydrogen-bond acceptors (Lipinski definition) is 2. The average molecular weight is 335 g/mol. The van der Waals surface area contributed by atoms with E-state index in [0.29, 0.717) is 0 Å². The molecule has 7 heteroatoms. The molecule has 0 aliphatic heterocycles. The first-order valence-corrected chi connectivity index (χ1v) is 6.61. The van der Waals surface area contributed by atoms with Gasteiger partial charge >= 0.3 is 12.1 Å². The van der Waals surface area contributed by atoms with Crippen molar-refractivity contribution in [3.05, 3.63) is 54.4 Å². The highest BCUT2D eigenvalue weighted by molar-refractivity contribution is 6.29. The Morgan fingerprint density at radius 1 is 1.50 bits per heavy atom. The molecule has 1 amide bonds. The van der Waals surface area contributed by atoms with Gasteiger partial charge in [0.25, 0.3) is 0 Å². The summed E-state index contributed by atoms with van der Waals surface area (Å²) in [5, 5.41) is 1.77. The van der Waals surface area contributed by atoms with Crippen LogP contribution >= 0.6 is 11.6 Å². The van der Waals surface area contributed by atoms with Gasteiger partial charge in [0.05, 0.1) is 0 Å². The Labute approximate surface area is 134 Å². The van der Waals surface area contributed by atoms with Crippen molar-refractivity contribution in [2.75, 3.05) is 0 Å². The first-order valence-electron chi connectivity index (χ1n) is 7.31. The lowest BCUT2D eigenvalue weighted by Gasteiger charge is -2.26. The maximum atomic E-state index is 12.6. The minimum Gasteiger partial charge on any atom is -0.345 e. The summed E-state index contributed by atoms with van der Waals surface area (Å²) < 4.78 is 54.4. The van der Waals surface area contributed by atoms with E-state index in [1.807, 2.05) is 0 Å². The Morgan fingerprint density at radius 3 is 2.68 bits per heavy atom. The number of nitrogens with zero attached hydrogens (tertiary/aromatic N) is 1. The molecule has 0 saturated heterocycles. The van der Waals surface area contributed by atoms with E-state index in [9.17, 15) is 18.0 Å². The van der Waals surface area contributed by atoms with Crippen molar-refractivity contribution in [3.63, 3.8) is 0 Å². The molecule has 120 valence electrons. The van der Waals surface area contributed by atoms with E-state index in [1.54, 1.807) is 5.32 Å². The summed E-state index contributed by atoms with van der Waals surface area (Å²) in [6, 6.07) is 2.84. The number of nitrogens with one attached hydrogen (secondary N) is 1. The Hall–Kier alpha value is -1.82. The van der Waals surface area contributed by atoms with Crippen molar-refractivity contribution >= 4 is 17.5 Å². The number of allylic oxidation sites excluding steroid dienone is 1. The van der Waals surface area contributed by atoms with Crippen molar-refractivity contribution < 1.29 is 20.7 Å². The summed E-state index contributed by atoms with van der Waals surface area (Å²) in [5.41, 5.74) is -0.0516. The summed E-state index contributed by atoms with van der Waals surface area (Å²) in [6.07, 6.45) is -4.32. The van der Waals surface area contributed by atoms with Crippen LogP contribution in [0.4, 0.5) is 13.2 Å². The third-order valence-corrected chi connectivity index (χ3v) is 2.86. The number of alkyl halides is 3. The second-order valence-corrected chi connectivity index (χ2v) is 4.64. The van der Waals surface area contributed by atoms with Crippen molar-refractivity contribution in [1.82, 2.24) is 10.3 Å². The molecule has 1 rings (SSSR count). The lowest BCUT2D eigenvalue weighted by atomic mass is 9.90. The summed E-state index contributed by atoms with van der Waals surface area (Å²) >= 11 is 5.79. The van der Waals surface area contributed by atoms with Crippen LogP contribution in [-0.2, 0) is 4.79 Å². The van der Waals surface area contributed by atoms with Crippen LogP contribution in [0.5, 0.6) is 0 Å². The van der Waals surface area contributed by atoms with Gasteiger partial charge in [-0.3, -0.25) is 4.79 Å². The Morgan fingerprint density at radius 2 is 2.18 bits per heavy atom. The van der Waals surface area contributed by atoms with Gasteiger partial charge in [0.1, 0.15) is 5.15 Å². The van der Waals surface area contributed by atoms with E-state index in [2.05, 4.69) is 18.1 Å². The van der Waals surface area contributed by atoms with Crippen LogP contribution in [0.15, 0.2) is 43.5 Å². The average Bonchev–Trinajstić information content (AvgIpc) is 2.51. The molecule has 0 aliphatic rings. The van der Waals surface area contributed by atoms with Crippen LogP contribution in [0.3, 0.4) is 0 Å². The third-order valence-electron chi connectivity index (χ3n) is 2.65.